The summed E-state index contributed by atoms with van der Waals surface area (Å²) in [6, 6.07) is 3.75. The van der Waals surface area contributed by atoms with E-state index in [4.69, 9.17) is 10.6 Å². The number of nitrogens with one attached hydrogen (secondary N) is 1. The highest BCUT2D eigenvalue weighted by molar-refractivity contribution is 5.39. The van der Waals surface area contributed by atoms with E-state index < -0.39 is 0 Å². The number of hydrazine groups is 1. The predicted octanol–water partition coefficient (Wildman–Crippen LogP) is 0.945. The van der Waals surface area contributed by atoms with Crippen molar-refractivity contribution in [3.05, 3.63) is 24.5 Å². The van der Waals surface area contributed by atoms with Crippen molar-refractivity contribution >= 4 is 11.9 Å². The van der Waals surface area contributed by atoms with Crippen LogP contribution in [-0.4, -0.2) is 33.0 Å². The molecule has 0 aromatic carbocycles. The van der Waals surface area contributed by atoms with Gasteiger partial charge in [0.15, 0.2) is 0 Å². The zero-order chi connectivity index (χ0) is 13.8. The number of hydrogen-bond donors (Lipinski definition) is 2. The topological polar surface area (TPSA) is 102 Å². The Morgan fingerprint density at radius 1 is 1.20 bits per heavy atom. The molecule has 3 rings (SSSR count). The first kappa shape index (κ1) is 12.5. The molecule has 3 heterocycles. The molecule has 2 aromatic rings. The largest absolute Gasteiger partial charge is 0.422 e. The van der Waals surface area contributed by atoms with Crippen molar-refractivity contribution in [2.45, 2.75) is 12.8 Å². The van der Waals surface area contributed by atoms with E-state index in [0.29, 0.717) is 11.7 Å². The van der Waals surface area contributed by atoms with Crippen LogP contribution in [0.3, 0.4) is 0 Å². The predicted molar refractivity (Wildman–Crippen MR) is 73.4 cm³/mol. The summed E-state index contributed by atoms with van der Waals surface area (Å²) in [5.41, 5.74) is 2.43. The van der Waals surface area contributed by atoms with Crippen LogP contribution >= 0.6 is 0 Å². The summed E-state index contributed by atoms with van der Waals surface area (Å²) in [4.78, 5) is 18.7. The number of anilines is 2. The molecule has 0 amide bonds. The molecule has 1 fully saturated rings. The van der Waals surface area contributed by atoms with Crippen LogP contribution in [0.2, 0.25) is 0 Å². The molecule has 1 aliphatic rings. The van der Waals surface area contributed by atoms with E-state index in [0.717, 1.165) is 25.9 Å². The molecule has 0 saturated carbocycles. The fraction of sp³-hybridized carbons (Fsp3) is 0.333. The first-order chi connectivity index (χ1) is 9.85. The zero-order valence-electron chi connectivity index (χ0n) is 10.9. The van der Waals surface area contributed by atoms with Crippen molar-refractivity contribution in [3.63, 3.8) is 0 Å². The number of nitrogen functional groups attached to an aromatic ring is 1. The van der Waals surface area contributed by atoms with Crippen molar-refractivity contribution < 1.29 is 4.74 Å². The van der Waals surface area contributed by atoms with Gasteiger partial charge in [-0.1, -0.05) is 0 Å². The summed E-state index contributed by atoms with van der Waals surface area (Å²) in [5, 5.41) is 0. The van der Waals surface area contributed by atoms with Gasteiger partial charge in [-0.05, 0) is 25.0 Å². The summed E-state index contributed by atoms with van der Waals surface area (Å²) in [6.45, 7) is 1.86. The minimum atomic E-state index is 0.197. The summed E-state index contributed by atoms with van der Waals surface area (Å²) in [5.74, 6) is 6.81. The van der Waals surface area contributed by atoms with Gasteiger partial charge in [-0.15, -0.1) is 0 Å². The molecule has 2 aromatic heterocycles. The van der Waals surface area contributed by atoms with Gasteiger partial charge in [0.05, 0.1) is 6.20 Å². The third kappa shape index (κ3) is 2.75. The molecular weight excluding hydrogens is 258 g/mol. The second kappa shape index (κ2) is 5.66. The van der Waals surface area contributed by atoms with Gasteiger partial charge in [0.2, 0.25) is 11.9 Å². The Labute approximate surface area is 116 Å². The number of ether oxygens (including phenoxy) is 1. The van der Waals surface area contributed by atoms with E-state index in [2.05, 4.69) is 30.3 Å². The lowest BCUT2D eigenvalue weighted by atomic mass is 10.4. The Hall–Kier alpha value is -2.48. The Morgan fingerprint density at radius 3 is 2.75 bits per heavy atom. The molecule has 1 saturated heterocycles. The van der Waals surface area contributed by atoms with E-state index in [1.54, 1.807) is 24.5 Å². The lowest BCUT2D eigenvalue weighted by Gasteiger charge is -2.16. The quantitative estimate of drug-likeness (QED) is 0.627. The molecule has 1 aliphatic heterocycles. The van der Waals surface area contributed by atoms with Crippen molar-refractivity contribution in [1.82, 2.24) is 19.9 Å². The number of rotatable bonds is 4. The van der Waals surface area contributed by atoms with Crippen molar-refractivity contribution in [3.8, 4) is 11.8 Å². The second-order valence-electron chi connectivity index (χ2n) is 4.37. The van der Waals surface area contributed by atoms with Gasteiger partial charge in [0.25, 0.3) is 0 Å². The van der Waals surface area contributed by atoms with E-state index in [-0.39, 0.29) is 12.0 Å². The second-order valence-corrected chi connectivity index (χ2v) is 4.37. The number of nitrogens with zero attached hydrogens (tertiary/aromatic N) is 5. The Morgan fingerprint density at radius 2 is 2.05 bits per heavy atom. The molecule has 0 bridgehead atoms. The molecule has 20 heavy (non-hydrogen) atoms. The van der Waals surface area contributed by atoms with Crippen LogP contribution < -0.4 is 20.9 Å². The van der Waals surface area contributed by atoms with Crippen LogP contribution in [0.15, 0.2) is 24.5 Å². The van der Waals surface area contributed by atoms with Crippen LogP contribution in [-0.2, 0) is 0 Å². The van der Waals surface area contributed by atoms with E-state index in [1.165, 1.54) is 0 Å². The van der Waals surface area contributed by atoms with Gasteiger partial charge < -0.3 is 9.64 Å². The molecule has 8 heteroatoms. The lowest BCUT2D eigenvalue weighted by molar-refractivity contribution is 0.438. The van der Waals surface area contributed by atoms with Crippen LogP contribution in [0.4, 0.5) is 11.9 Å². The molecule has 0 spiro atoms. The zero-order valence-corrected chi connectivity index (χ0v) is 10.9. The summed E-state index contributed by atoms with van der Waals surface area (Å²) in [6.07, 6.45) is 5.53. The highest BCUT2D eigenvalue weighted by atomic mass is 16.5. The number of pyridine rings is 1. The van der Waals surface area contributed by atoms with Gasteiger partial charge in [0, 0.05) is 19.3 Å². The molecule has 3 N–H and O–H groups in total. The van der Waals surface area contributed by atoms with Gasteiger partial charge in [-0.2, -0.15) is 15.0 Å². The third-order valence-electron chi connectivity index (χ3n) is 2.96. The molecule has 0 radical (unpaired) electrons. The lowest BCUT2D eigenvalue weighted by Crippen LogP contribution is -2.22. The average molecular weight is 273 g/mol. The monoisotopic (exact) mass is 273 g/mol. The SMILES string of the molecule is NNc1nc(Oc2cccnc2)nc(N2CCCC2)n1. The molecule has 0 unspecified atom stereocenters. The Kier molecular flexibility index (Phi) is 3.55. The van der Waals surface area contributed by atoms with Crippen LogP contribution in [0, 0.1) is 0 Å². The molecule has 8 nitrogen and oxygen atoms in total. The highest BCUT2D eigenvalue weighted by Crippen LogP contribution is 2.22. The molecular formula is C12H15N7O. The van der Waals surface area contributed by atoms with E-state index in [9.17, 15) is 0 Å². The molecule has 0 aliphatic carbocycles. The maximum Gasteiger partial charge on any atom is 0.328 e. The first-order valence-corrected chi connectivity index (χ1v) is 6.41. The Bertz CT molecular complexity index is 571. The smallest absolute Gasteiger partial charge is 0.328 e. The highest BCUT2D eigenvalue weighted by Gasteiger charge is 2.18. The first-order valence-electron chi connectivity index (χ1n) is 6.41. The summed E-state index contributed by atoms with van der Waals surface area (Å²) < 4.78 is 5.57. The van der Waals surface area contributed by atoms with Gasteiger partial charge >= 0.3 is 6.01 Å². The normalized spacial score (nSPS) is 14.3. The molecule has 104 valence electrons. The van der Waals surface area contributed by atoms with Crippen LogP contribution in [0.25, 0.3) is 0 Å². The van der Waals surface area contributed by atoms with Crippen molar-refractivity contribution in [1.29, 1.82) is 0 Å². The van der Waals surface area contributed by atoms with Crippen LogP contribution in [0.1, 0.15) is 12.8 Å². The van der Waals surface area contributed by atoms with Gasteiger partial charge in [0.1, 0.15) is 5.75 Å². The standard InChI is InChI=1S/C12H15N7O/c13-18-10-15-11(19-6-1-2-7-19)17-12(16-10)20-9-4-3-5-14-8-9/h3-5,8H,1-2,6-7,13H2,(H,15,16,17,18). The Balaban J connectivity index is 1.87. The number of hydrogen-bond acceptors (Lipinski definition) is 8. The summed E-state index contributed by atoms with van der Waals surface area (Å²) in [7, 11) is 0. The fourth-order valence-electron chi connectivity index (χ4n) is 2.03. The molecule has 0 atom stereocenters. The van der Waals surface area contributed by atoms with Gasteiger partial charge in [-0.3, -0.25) is 10.4 Å². The van der Waals surface area contributed by atoms with E-state index in [1.807, 2.05) is 0 Å². The third-order valence-corrected chi connectivity index (χ3v) is 2.96. The average Bonchev–Trinajstić information content (AvgIpc) is 3.02. The maximum atomic E-state index is 5.57. The maximum absolute atomic E-state index is 5.57. The fourth-order valence-corrected chi connectivity index (χ4v) is 2.03. The number of nitrogens with two attached hydrogens (primary N) is 1. The van der Waals surface area contributed by atoms with Crippen molar-refractivity contribution in [2.24, 2.45) is 5.84 Å². The van der Waals surface area contributed by atoms with Crippen LogP contribution in [0.5, 0.6) is 11.8 Å². The number of aromatic nitrogens is 4. The van der Waals surface area contributed by atoms with Crippen molar-refractivity contribution in [2.75, 3.05) is 23.4 Å². The van der Waals surface area contributed by atoms with Gasteiger partial charge in [-0.25, -0.2) is 5.84 Å². The minimum absolute atomic E-state index is 0.197. The summed E-state index contributed by atoms with van der Waals surface area (Å²) >= 11 is 0. The minimum Gasteiger partial charge on any atom is -0.422 e. The van der Waals surface area contributed by atoms with E-state index >= 15 is 0 Å².